The smallest absolute Gasteiger partial charge is 0.260 e. The molecule has 4 heteroatoms. The molecule has 190 valence electrons. The summed E-state index contributed by atoms with van der Waals surface area (Å²) >= 11 is 0. The van der Waals surface area contributed by atoms with Crippen molar-refractivity contribution in [2.24, 2.45) is 5.92 Å². The maximum Gasteiger partial charge on any atom is 0.260 e. The third-order valence-corrected chi connectivity index (χ3v) is 7.74. The summed E-state index contributed by atoms with van der Waals surface area (Å²) < 4.78 is 6.03. The largest absolute Gasteiger partial charge is 0.489 e. The van der Waals surface area contributed by atoms with Crippen LogP contribution in [0.4, 0.5) is 11.4 Å². The van der Waals surface area contributed by atoms with E-state index >= 15 is 0 Å². The second-order valence-electron chi connectivity index (χ2n) is 9.97. The van der Waals surface area contributed by atoms with Crippen molar-refractivity contribution in [2.45, 2.75) is 31.9 Å². The summed E-state index contributed by atoms with van der Waals surface area (Å²) in [5.41, 5.74) is 6.15. The van der Waals surface area contributed by atoms with Gasteiger partial charge in [0.15, 0.2) is 0 Å². The molecule has 2 aliphatic rings. The summed E-state index contributed by atoms with van der Waals surface area (Å²) in [7, 11) is 0. The van der Waals surface area contributed by atoms with Gasteiger partial charge in [-0.25, -0.2) is 0 Å². The van der Waals surface area contributed by atoms with E-state index in [-0.39, 0.29) is 17.9 Å². The molecule has 1 N–H and O–H groups in total. The van der Waals surface area contributed by atoms with E-state index < -0.39 is 0 Å². The number of rotatable bonds is 7. The van der Waals surface area contributed by atoms with Gasteiger partial charge < -0.3 is 15.0 Å². The molecule has 3 unspecified atom stereocenters. The van der Waals surface area contributed by atoms with Crippen molar-refractivity contribution in [1.29, 1.82) is 0 Å². The van der Waals surface area contributed by atoms with Crippen molar-refractivity contribution >= 4 is 17.3 Å². The molecule has 1 heterocycles. The highest BCUT2D eigenvalue weighted by molar-refractivity contribution is 6.10. The number of nitrogens with one attached hydrogen (secondary N) is 1. The topological polar surface area (TPSA) is 41.6 Å². The normalized spacial score (nSPS) is 19.2. The highest BCUT2D eigenvalue weighted by Crippen LogP contribution is 2.51. The minimum absolute atomic E-state index is 0.0203. The number of nitrogens with zero attached hydrogens (tertiary/aromatic N) is 1. The van der Waals surface area contributed by atoms with Crippen molar-refractivity contribution in [3.8, 4) is 5.75 Å². The number of fused-ring (bicyclic) bond motifs is 3. The minimum atomic E-state index is 0.0203. The van der Waals surface area contributed by atoms with Gasteiger partial charge in [0.05, 0.1) is 17.3 Å². The predicted molar refractivity (Wildman–Crippen MR) is 154 cm³/mol. The fourth-order valence-corrected chi connectivity index (χ4v) is 5.84. The number of amides is 1. The van der Waals surface area contributed by atoms with E-state index in [1.807, 2.05) is 72.5 Å². The second kappa shape index (κ2) is 10.6. The molecule has 0 radical (unpaired) electrons. The van der Waals surface area contributed by atoms with Gasteiger partial charge in [0, 0.05) is 18.2 Å². The maximum atomic E-state index is 13.9. The molecule has 0 saturated carbocycles. The van der Waals surface area contributed by atoms with Gasteiger partial charge in [0.25, 0.3) is 5.91 Å². The predicted octanol–water partition coefficient (Wildman–Crippen LogP) is 7.76. The lowest BCUT2D eigenvalue weighted by Crippen LogP contribution is -2.34. The van der Waals surface area contributed by atoms with E-state index in [1.54, 1.807) is 0 Å². The van der Waals surface area contributed by atoms with Crippen LogP contribution in [0.25, 0.3) is 0 Å². The van der Waals surface area contributed by atoms with E-state index in [0.29, 0.717) is 19.1 Å². The maximum absolute atomic E-state index is 13.9. The molecule has 4 nitrogen and oxygen atoms in total. The first-order chi connectivity index (χ1) is 18.7. The Labute approximate surface area is 224 Å². The van der Waals surface area contributed by atoms with E-state index in [2.05, 4.69) is 59.9 Å². The lowest BCUT2D eigenvalue weighted by Gasteiger charge is -2.38. The Hall–Kier alpha value is -4.31. The summed E-state index contributed by atoms with van der Waals surface area (Å²) in [6.07, 6.45) is 5.61. The van der Waals surface area contributed by atoms with Crippen LogP contribution in [0, 0.1) is 5.92 Å². The molecule has 0 fully saturated rings. The van der Waals surface area contributed by atoms with Gasteiger partial charge in [0.2, 0.25) is 0 Å². The van der Waals surface area contributed by atoms with Crippen LogP contribution in [0.3, 0.4) is 0 Å². The number of carbonyl (C=O) groups is 1. The third-order valence-electron chi connectivity index (χ3n) is 7.74. The van der Waals surface area contributed by atoms with E-state index in [9.17, 15) is 4.79 Å². The molecule has 0 aromatic heterocycles. The van der Waals surface area contributed by atoms with E-state index in [0.717, 1.165) is 34.7 Å². The first kappa shape index (κ1) is 24.1. The number of para-hydroxylation sites is 2. The first-order valence-corrected chi connectivity index (χ1v) is 13.4. The molecule has 0 bridgehead atoms. The van der Waals surface area contributed by atoms with Crippen molar-refractivity contribution in [3.05, 3.63) is 138 Å². The number of ether oxygens (including phenoxy) is 1. The molecular weight excluding hydrogens is 468 g/mol. The van der Waals surface area contributed by atoms with Crippen molar-refractivity contribution in [1.82, 2.24) is 0 Å². The summed E-state index contributed by atoms with van der Waals surface area (Å²) in [5.74, 6) is 1.56. The zero-order valence-corrected chi connectivity index (χ0v) is 21.6. The second-order valence-corrected chi connectivity index (χ2v) is 9.97. The summed E-state index contributed by atoms with van der Waals surface area (Å²) in [6, 6.07) is 34.8. The number of allylic oxidation sites excluding steroid dienone is 2. The summed E-state index contributed by atoms with van der Waals surface area (Å²) in [4.78, 5) is 15.7. The van der Waals surface area contributed by atoms with Gasteiger partial charge in [-0.05, 0) is 66.3 Å². The van der Waals surface area contributed by atoms with Crippen LogP contribution in [0.5, 0.6) is 5.75 Å². The molecule has 4 aromatic rings. The minimum Gasteiger partial charge on any atom is -0.489 e. The highest BCUT2D eigenvalue weighted by Gasteiger charge is 2.39. The molecule has 4 aromatic carbocycles. The van der Waals surface area contributed by atoms with Crippen molar-refractivity contribution in [3.63, 3.8) is 0 Å². The number of hydrogen-bond donors (Lipinski definition) is 1. The molecule has 3 atom stereocenters. The van der Waals surface area contributed by atoms with E-state index in [4.69, 9.17) is 4.74 Å². The average Bonchev–Trinajstić information content (AvgIpc) is 3.48. The van der Waals surface area contributed by atoms with Crippen LogP contribution in [0.15, 0.2) is 115 Å². The first-order valence-electron chi connectivity index (χ1n) is 13.4. The molecule has 1 aliphatic heterocycles. The molecular formula is C34H32N2O2. The van der Waals surface area contributed by atoms with Gasteiger partial charge in [-0.15, -0.1) is 0 Å². The zero-order valence-electron chi connectivity index (χ0n) is 21.6. The van der Waals surface area contributed by atoms with Gasteiger partial charge in [-0.2, -0.15) is 0 Å². The molecule has 6 rings (SSSR count). The highest BCUT2D eigenvalue weighted by atomic mass is 16.5. The van der Waals surface area contributed by atoms with Crippen LogP contribution in [0.1, 0.15) is 52.4 Å². The SMILES string of the molecule is CCN(C(=O)c1cccc2c1NC(c1ccc(OCc3ccccc3)cc1)C1CC=CC21)c1ccccc1. The molecule has 0 spiro atoms. The van der Waals surface area contributed by atoms with Crippen LogP contribution in [-0.2, 0) is 6.61 Å². The number of anilines is 2. The monoisotopic (exact) mass is 500 g/mol. The third kappa shape index (κ3) is 4.58. The molecule has 0 saturated heterocycles. The molecule has 1 aliphatic carbocycles. The fourth-order valence-electron chi connectivity index (χ4n) is 5.84. The lowest BCUT2D eigenvalue weighted by molar-refractivity contribution is 0.0988. The Balaban J connectivity index is 1.28. The zero-order chi connectivity index (χ0) is 25.9. The molecule has 38 heavy (non-hydrogen) atoms. The van der Waals surface area contributed by atoms with Crippen molar-refractivity contribution < 1.29 is 9.53 Å². The number of benzene rings is 4. The van der Waals surface area contributed by atoms with Crippen molar-refractivity contribution in [2.75, 3.05) is 16.8 Å². The number of carbonyl (C=O) groups excluding carboxylic acids is 1. The summed E-state index contributed by atoms with van der Waals surface area (Å²) in [5, 5.41) is 3.81. The Morgan fingerprint density at radius 1 is 0.895 bits per heavy atom. The van der Waals surface area contributed by atoms with Gasteiger partial charge >= 0.3 is 0 Å². The van der Waals surface area contributed by atoms with E-state index in [1.165, 1.54) is 11.1 Å². The Kier molecular flexibility index (Phi) is 6.70. The summed E-state index contributed by atoms with van der Waals surface area (Å²) in [6.45, 7) is 3.17. The lowest BCUT2D eigenvalue weighted by atomic mass is 9.76. The Bertz CT molecular complexity index is 1430. The van der Waals surface area contributed by atoms with Crippen LogP contribution >= 0.6 is 0 Å². The Morgan fingerprint density at radius 2 is 1.63 bits per heavy atom. The van der Waals surface area contributed by atoms with Crippen LogP contribution in [0.2, 0.25) is 0 Å². The quantitative estimate of drug-likeness (QED) is 0.264. The van der Waals surface area contributed by atoms with Gasteiger partial charge in [-0.1, -0.05) is 84.9 Å². The molecule has 1 amide bonds. The number of hydrogen-bond acceptors (Lipinski definition) is 3. The van der Waals surface area contributed by atoms with Crippen LogP contribution < -0.4 is 15.0 Å². The Morgan fingerprint density at radius 3 is 2.37 bits per heavy atom. The van der Waals surface area contributed by atoms with Gasteiger partial charge in [-0.3, -0.25) is 4.79 Å². The standard InChI is InChI=1S/C34H32N2O2/c1-2-36(26-13-7-4-8-14-26)34(37)31-18-10-17-30-28-15-9-16-29(28)32(35-33(30)31)25-19-21-27(22-20-25)38-23-24-11-5-3-6-12-24/h3-15,17-22,28-29,32,35H,2,16,23H2,1H3. The fraction of sp³-hybridized carbons (Fsp3) is 0.206. The van der Waals surface area contributed by atoms with Crippen LogP contribution in [-0.4, -0.2) is 12.5 Å². The average molecular weight is 501 g/mol. The van der Waals surface area contributed by atoms with Gasteiger partial charge in [0.1, 0.15) is 12.4 Å².